The Morgan fingerprint density at radius 2 is 1.28 bits per heavy atom. The Hall–Kier alpha value is -3.46. The monoisotopic (exact) mass is 394 g/mol. The highest BCUT2D eigenvalue weighted by atomic mass is 16.5. The summed E-state index contributed by atoms with van der Waals surface area (Å²) in [6.07, 6.45) is 0. The van der Waals surface area contributed by atoms with Crippen LogP contribution in [0.1, 0.15) is 25.0 Å². The van der Waals surface area contributed by atoms with Gasteiger partial charge in [-0.15, -0.1) is 5.92 Å². The van der Waals surface area contributed by atoms with E-state index in [-0.39, 0.29) is 13.1 Å². The number of para-hydroxylation sites is 2. The molecule has 0 saturated carbocycles. The molecule has 0 radical (unpaired) electrons. The summed E-state index contributed by atoms with van der Waals surface area (Å²) in [5.74, 6) is 5.82. The zero-order chi connectivity index (χ0) is 21.3. The summed E-state index contributed by atoms with van der Waals surface area (Å²) in [5, 5.41) is 5.59. The average molecular weight is 394 g/mol. The van der Waals surface area contributed by atoms with Gasteiger partial charge in [-0.05, 0) is 26.0 Å². The van der Waals surface area contributed by atoms with Crippen LogP contribution in [0.4, 0.5) is 0 Å². The zero-order valence-electron chi connectivity index (χ0n) is 17.2. The van der Waals surface area contributed by atoms with Crippen LogP contribution in [-0.4, -0.2) is 26.0 Å². The van der Waals surface area contributed by atoms with Gasteiger partial charge in [-0.2, -0.15) is 0 Å². The number of benzene rings is 2. The number of carbonyl (C=O) groups is 2. The number of carbonyl (C=O) groups excluding carboxylic acids is 2. The topological polar surface area (TPSA) is 76.7 Å². The van der Waals surface area contributed by atoms with Gasteiger partial charge in [-0.25, -0.2) is 0 Å². The molecule has 2 rings (SSSR count). The molecule has 0 bridgehead atoms. The Morgan fingerprint density at radius 3 is 1.66 bits per heavy atom. The molecule has 0 atom stereocenters. The minimum Gasteiger partial charge on any atom is -0.496 e. The minimum atomic E-state index is -1.53. The number of amides is 2. The highest BCUT2D eigenvalue weighted by molar-refractivity contribution is 6.07. The molecule has 2 aromatic rings. The van der Waals surface area contributed by atoms with Crippen molar-refractivity contribution in [3.8, 4) is 23.3 Å². The van der Waals surface area contributed by atoms with Crippen molar-refractivity contribution in [3.05, 3.63) is 59.7 Å². The smallest absolute Gasteiger partial charge is 0.247 e. The lowest BCUT2D eigenvalue weighted by molar-refractivity contribution is -0.138. The molecular formula is C23H26N2O4. The summed E-state index contributed by atoms with van der Waals surface area (Å²) in [5.41, 5.74) is 0.0906. The van der Waals surface area contributed by atoms with Crippen LogP contribution in [0.25, 0.3) is 0 Å². The summed E-state index contributed by atoms with van der Waals surface area (Å²) in [6.45, 7) is 3.56. The van der Waals surface area contributed by atoms with Crippen LogP contribution in [-0.2, 0) is 22.7 Å². The Kier molecular flexibility index (Phi) is 7.67. The average Bonchev–Trinajstić information content (AvgIpc) is 2.76. The number of hydrogen-bond acceptors (Lipinski definition) is 4. The van der Waals surface area contributed by atoms with Crippen molar-refractivity contribution >= 4 is 11.8 Å². The van der Waals surface area contributed by atoms with Crippen LogP contribution in [0.3, 0.4) is 0 Å². The molecule has 0 fully saturated rings. The number of ether oxygens (including phenoxy) is 2. The molecule has 0 spiro atoms. The Labute approximate surface area is 171 Å². The molecule has 2 N–H and O–H groups in total. The lowest BCUT2D eigenvalue weighted by atomic mass is 9.88. The van der Waals surface area contributed by atoms with Gasteiger partial charge in [0.15, 0.2) is 5.41 Å². The first-order chi connectivity index (χ1) is 14.0. The summed E-state index contributed by atoms with van der Waals surface area (Å²) < 4.78 is 10.6. The quantitative estimate of drug-likeness (QED) is 0.533. The molecule has 0 unspecified atom stereocenters. The Balaban J connectivity index is 2.10. The van der Waals surface area contributed by atoms with E-state index >= 15 is 0 Å². The lowest BCUT2D eigenvalue weighted by Gasteiger charge is -2.22. The normalized spacial score (nSPS) is 10.3. The van der Waals surface area contributed by atoms with E-state index in [4.69, 9.17) is 9.47 Å². The number of hydrogen-bond donors (Lipinski definition) is 2. The van der Waals surface area contributed by atoms with E-state index in [0.717, 1.165) is 11.1 Å². The van der Waals surface area contributed by atoms with Gasteiger partial charge in [0, 0.05) is 24.2 Å². The van der Waals surface area contributed by atoms with Crippen molar-refractivity contribution in [2.24, 2.45) is 5.41 Å². The second-order valence-corrected chi connectivity index (χ2v) is 6.49. The van der Waals surface area contributed by atoms with Crippen LogP contribution < -0.4 is 20.1 Å². The van der Waals surface area contributed by atoms with Gasteiger partial charge in [0.1, 0.15) is 11.5 Å². The van der Waals surface area contributed by atoms with Gasteiger partial charge in [0.05, 0.1) is 14.2 Å². The van der Waals surface area contributed by atoms with Crippen molar-refractivity contribution in [1.29, 1.82) is 0 Å². The minimum absolute atomic E-state index is 0.226. The fourth-order valence-corrected chi connectivity index (χ4v) is 2.87. The van der Waals surface area contributed by atoms with Gasteiger partial charge < -0.3 is 20.1 Å². The van der Waals surface area contributed by atoms with Crippen molar-refractivity contribution in [1.82, 2.24) is 10.6 Å². The second-order valence-electron chi connectivity index (χ2n) is 6.49. The zero-order valence-corrected chi connectivity index (χ0v) is 17.2. The molecule has 0 aliphatic rings. The molecule has 6 nitrogen and oxygen atoms in total. The van der Waals surface area contributed by atoms with E-state index in [2.05, 4.69) is 22.5 Å². The van der Waals surface area contributed by atoms with Gasteiger partial charge in [-0.3, -0.25) is 9.59 Å². The summed E-state index contributed by atoms with van der Waals surface area (Å²) in [6, 6.07) is 14.7. The van der Waals surface area contributed by atoms with Gasteiger partial charge in [0.2, 0.25) is 11.8 Å². The van der Waals surface area contributed by atoms with Crippen molar-refractivity contribution in [2.75, 3.05) is 14.2 Å². The highest BCUT2D eigenvalue weighted by Crippen LogP contribution is 2.21. The van der Waals surface area contributed by atoms with Crippen molar-refractivity contribution in [2.45, 2.75) is 26.9 Å². The molecule has 0 heterocycles. The Bertz CT molecular complexity index is 864. The van der Waals surface area contributed by atoms with Crippen LogP contribution in [0, 0.1) is 17.3 Å². The van der Waals surface area contributed by atoms with E-state index in [0.29, 0.717) is 11.5 Å². The van der Waals surface area contributed by atoms with E-state index < -0.39 is 17.2 Å². The van der Waals surface area contributed by atoms with Crippen LogP contribution in [0.5, 0.6) is 11.5 Å². The third kappa shape index (κ3) is 5.29. The van der Waals surface area contributed by atoms with Crippen molar-refractivity contribution in [3.63, 3.8) is 0 Å². The van der Waals surface area contributed by atoms with Crippen LogP contribution >= 0.6 is 0 Å². The molecule has 6 heteroatoms. The first kappa shape index (κ1) is 21.8. The lowest BCUT2D eigenvalue weighted by Crippen LogP contribution is -2.48. The molecule has 0 aliphatic heterocycles. The highest BCUT2D eigenvalue weighted by Gasteiger charge is 2.39. The SMILES string of the molecule is CC#CC(C)(C(=O)NCc1ccccc1OC)C(=O)NCc1ccccc1OC. The predicted octanol–water partition coefficient (Wildman–Crippen LogP) is 2.67. The molecule has 0 saturated heterocycles. The fraction of sp³-hybridized carbons (Fsp3) is 0.304. The van der Waals surface area contributed by atoms with Gasteiger partial charge >= 0.3 is 0 Å². The second kappa shape index (κ2) is 10.2. The first-order valence-corrected chi connectivity index (χ1v) is 9.20. The number of methoxy groups -OCH3 is 2. The third-order valence-corrected chi connectivity index (χ3v) is 4.55. The van der Waals surface area contributed by atoms with Crippen LogP contribution in [0.15, 0.2) is 48.5 Å². The summed E-state index contributed by atoms with van der Waals surface area (Å²) in [7, 11) is 3.14. The third-order valence-electron chi connectivity index (χ3n) is 4.55. The maximum Gasteiger partial charge on any atom is 0.247 e. The van der Waals surface area contributed by atoms with Crippen LogP contribution in [0.2, 0.25) is 0 Å². The van der Waals surface area contributed by atoms with Gasteiger partial charge in [0.25, 0.3) is 0 Å². The molecule has 152 valence electrons. The first-order valence-electron chi connectivity index (χ1n) is 9.20. The van der Waals surface area contributed by atoms with E-state index in [1.54, 1.807) is 21.1 Å². The fourth-order valence-electron chi connectivity index (χ4n) is 2.87. The van der Waals surface area contributed by atoms with E-state index in [1.807, 2.05) is 48.5 Å². The predicted molar refractivity (Wildman–Crippen MR) is 111 cm³/mol. The standard InChI is InChI=1S/C23H26N2O4/c1-5-14-23(2,21(26)24-15-17-10-6-8-12-19(17)28-3)22(27)25-16-18-11-7-9-13-20(18)29-4/h6-13H,15-16H2,1-4H3,(H,24,26)(H,25,27). The molecule has 2 aromatic carbocycles. The number of rotatable bonds is 8. The largest absolute Gasteiger partial charge is 0.496 e. The molecule has 0 aromatic heterocycles. The maximum absolute atomic E-state index is 12.9. The van der Waals surface area contributed by atoms with E-state index in [9.17, 15) is 9.59 Å². The molecule has 29 heavy (non-hydrogen) atoms. The summed E-state index contributed by atoms with van der Waals surface area (Å²) in [4.78, 5) is 25.7. The maximum atomic E-state index is 12.9. The molecule has 2 amide bonds. The molecule has 0 aliphatic carbocycles. The van der Waals surface area contributed by atoms with Crippen molar-refractivity contribution < 1.29 is 19.1 Å². The van der Waals surface area contributed by atoms with Gasteiger partial charge in [-0.1, -0.05) is 42.3 Å². The molecular weight excluding hydrogens is 368 g/mol. The van der Waals surface area contributed by atoms with E-state index in [1.165, 1.54) is 6.92 Å². The number of nitrogens with one attached hydrogen (secondary N) is 2. The summed E-state index contributed by atoms with van der Waals surface area (Å²) >= 11 is 0. The Morgan fingerprint density at radius 1 is 0.862 bits per heavy atom.